The fourth-order valence-electron chi connectivity index (χ4n) is 2.72. The van der Waals surface area contributed by atoms with Crippen LogP contribution in [-0.2, 0) is 12.7 Å². The second-order valence-electron chi connectivity index (χ2n) is 5.55. The molecule has 1 fully saturated rings. The van der Waals surface area contributed by atoms with Crippen LogP contribution in [0.5, 0.6) is 0 Å². The van der Waals surface area contributed by atoms with Crippen LogP contribution < -0.4 is 5.32 Å². The molecule has 112 valence electrons. The first kappa shape index (κ1) is 15.3. The van der Waals surface area contributed by atoms with Crippen LogP contribution in [0.1, 0.15) is 43.2 Å². The summed E-state index contributed by atoms with van der Waals surface area (Å²) in [7, 11) is 0. The van der Waals surface area contributed by atoms with Crippen LogP contribution >= 0.6 is 0 Å². The molecule has 0 spiro atoms. The van der Waals surface area contributed by atoms with Crippen molar-refractivity contribution in [3.05, 3.63) is 35.4 Å². The number of alkyl halides is 3. The highest BCUT2D eigenvalue weighted by molar-refractivity contribution is 5.24. The summed E-state index contributed by atoms with van der Waals surface area (Å²) in [6.45, 7) is 0.562. The molecule has 1 aromatic carbocycles. The lowest BCUT2D eigenvalue weighted by Crippen LogP contribution is -2.49. The summed E-state index contributed by atoms with van der Waals surface area (Å²) < 4.78 is 37.4. The average Bonchev–Trinajstić information content (AvgIpc) is 2.46. The van der Waals surface area contributed by atoms with Crippen LogP contribution in [0.4, 0.5) is 13.2 Å². The molecule has 0 aliphatic heterocycles. The van der Waals surface area contributed by atoms with Gasteiger partial charge in [0.2, 0.25) is 0 Å². The first-order valence-electron chi connectivity index (χ1n) is 6.97. The van der Waals surface area contributed by atoms with E-state index in [1.807, 2.05) is 0 Å². The lowest BCUT2D eigenvalue weighted by Gasteiger charge is -2.36. The monoisotopic (exact) mass is 287 g/mol. The maximum absolute atomic E-state index is 12.5. The number of aliphatic hydroxyl groups is 1. The van der Waals surface area contributed by atoms with E-state index in [4.69, 9.17) is 0 Å². The highest BCUT2D eigenvalue weighted by Gasteiger charge is 2.31. The molecule has 2 rings (SSSR count). The van der Waals surface area contributed by atoms with Crippen LogP contribution in [0.25, 0.3) is 0 Å². The smallest absolute Gasteiger partial charge is 0.394 e. The zero-order chi connectivity index (χ0) is 14.6. The standard InChI is InChI=1S/C15H20F3NO/c16-15(17,18)13-6-4-12(5-7-13)10-19-14(11-20)8-2-1-3-9-14/h4-7,19-20H,1-3,8-11H2. The number of hydrogen-bond donors (Lipinski definition) is 2. The Bertz CT molecular complexity index is 422. The van der Waals surface area contributed by atoms with Gasteiger partial charge in [-0.05, 0) is 30.5 Å². The zero-order valence-corrected chi connectivity index (χ0v) is 11.3. The Labute approximate surface area is 117 Å². The second kappa shape index (κ2) is 6.14. The maximum Gasteiger partial charge on any atom is 0.416 e. The van der Waals surface area contributed by atoms with Gasteiger partial charge in [0.25, 0.3) is 0 Å². The van der Waals surface area contributed by atoms with Crippen LogP contribution in [0, 0.1) is 0 Å². The number of hydrogen-bond acceptors (Lipinski definition) is 2. The van der Waals surface area contributed by atoms with E-state index in [9.17, 15) is 18.3 Å². The first-order chi connectivity index (χ1) is 9.45. The van der Waals surface area contributed by atoms with Gasteiger partial charge in [-0.2, -0.15) is 13.2 Å². The van der Waals surface area contributed by atoms with Crippen LogP contribution in [0.2, 0.25) is 0 Å². The minimum atomic E-state index is -4.29. The molecule has 1 aliphatic carbocycles. The lowest BCUT2D eigenvalue weighted by atomic mass is 9.82. The summed E-state index contributed by atoms with van der Waals surface area (Å²) in [6.07, 6.45) is 0.904. The van der Waals surface area contributed by atoms with E-state index in [0.717, 1.165) is 43.4 Å². The average molecular weight is 287 g/mol. The molecule has 2 nitrogen and oxygen atoms in total. The summed E-state index contributed by atoms with van der Waals surface area (Å²) in [6, 6.07) is 5.18. The van der Waals surface area contributed by atoms with Gasteiger partial charge in [-0.25, -0.2) is 0 Å². The lowest BCUT2D eigenvalue weighted by molar-refractivity contribution is -0.137. The van der Waals surface area contributed by atoms with Gasteiger partial charge in [-0.3, -0.25) is 0 Å². The molecule has 1 saturated carbocycles. The molecule has 0 aromatic heterocycles. The van der Waals surface area contributed by atoms with Crippen molar-refractivity contribution >= 4 is 0 Å². The van der Waals surface area contributed by atoms with Crippen molar-refractivity contribution in [2.45, 2.75) is 50.4 Å². The van der Waals surface area contributed by atoms with Crippen molar-refractivity contribution in [1.82, 2.24) is 5.32 Å². The third-order valence-electron chi connectivity index (χ3n) is 4.06. The molecule has 0 saturated heterocycles. The van der Waals surface area contributed by atoms with E-state index in [0.29, 0.717) is 6.54 Å². The molecule has 1 aliphatic rings. The van der Waals surface area contributed by atoms with Crippen molar-refractivity contribution in [1.29, 1.82) is 0 Å². The normalized spacial score (nSPS) is 19.0. The molecule has 0 radical (unpaired) electrons. The van der Waals surface area contributed by atoms with Crippen LogP contribution in [0.15, 0.2) is 24.3 Å². The third kappa shape index (κ3) is 3.73. The summed E-state index contributed by atoms with van der Waals surface area (Å²) in [4.78, 5) is 0. The predicted octanol–water partition coefficient (Wildman–Crippen LogP) is 3.49. The van der Waals surface area contributed by atoms with Crippen LogP contribution in [-0.4, -0.2) is 17.3 Å². The Balaban J connectivity index is 1.96. The Hall–Kier alpha value is -1.07. The maximum atomic E-state index is 12.5. The van der Waals surface area contributed by atoms with Gasteiger partial charge in [0.15, 0.2) is 0 Å². The summed E-state index contributed by atoms with van der Waals surface area (Å²) in [5.74, 6) is 0. The topological polar surface area (TPSA) is 32.3 Å². The van der Waals surface area contributed by atoms with Crippen molar-refractivity contribution in [3.8, 4) is 0 Å². The predicted molar refractivity (Wildman–Crippen MR) is 71.2 cm³/mol. The Morgan fingerprint density at radius 1 is 1.05 bits per heavy atom. The Morgan fingerprint density at radius 3 is 2.15 bits per heavy atom. The summed E-state index contributed by atoms with van der Waals surface area (Å²) in [5, 5.41) is 12.9. The van der Waals surface area contributed by atoms with Crippen LogP contribution in [0.3, 0.4) is 0 Å². The molecule has 20 heavy (non-hydrogen) atoms. The van der Waals surface area contributed by atoms with Gasteiger partial charge >= 0.3 is 6.18 Å². The Kier molecular flexibility index (Phi) is 4.70. The fraction of sp³-hybridized carbons (Fsp3) is 0.600. The van der Waals surface area contributed by atoms with Crippen molar-refractivity contribution < 1.29 is 18.3 Å². The minimum absolute atomic E-state index is 0.0770. The van der Waals surface area contributed by atoms with Gasteiger partial charge in [0.1, 0.15) is 0 Å². The molecular formula is C15H20F3NO. The van der Waals surface area contributed by atoms with E-state index < -0.39 is 11.7 Å². The highest BCUT2D eigenvalue weighted by Crippen LogP contribution is 2.30. The SMILES string of the molecule is OCC1(NCc2ccc(C(F)(F)F)cc2)CCCCC1. The van der Waals surface area contributed by atoms with Crippen molar-refractivity contribution in [3.63, 3.8) is 0 Å². The molecule has 2 N–H and O–H groups in total. The minimum Gasteiger partial charge on any atom is -0.394 e. The van der Waals surface area contributed by atoms with E-state index in [1.165, 1.54) is 18.6 Å². The number of aliphatic hydroxyl groups excluding tert-OH is 1. The quantitative estimate of drug-likeness (QED) is 0.888. The fourth-order valence-corrected chi connectivity index (χ4v) is 2.72. The molecule has 0 bridgehead atoms. The van der Waals surface area contributed by atoms with E-state index in [1.54, 1.807) is 0 Å². The second-order valence-corrected chi connectivity index (χ2v) is 5.55. The largest absolute Gasteiger partial charge is 0.416 e. The van der Waals surface area contributed by atoms with E-state index in [-0.39, 0.29) is 12.1 Å². The van der Waals surface area contributed by atoms with Gasteiger partial charge in [-0.15, -0.1) is 0 Å². The molecule has 0 atom stereocenters. The molecule has 0 amide bonds. The van der Waals surface area contributed by atoms with Crippen molar-refractivity contribution in [2.24, 2.45) is 0 Å². The summed E-state index contributed by atoms with van der Waals surface area (Å²) in [5.41, 5.74) is -0.0896. The first-order valence-corrected chi connectivity index (χ1v) is 6.97. The highest BCUT2D eigenvalue weighted by atomic mass is 19.4. The van der Waals surface area contributed by atoms with Gasteiger partial charge < -0.3 is 10.4 Å². The number of rotatable bonds is 4. The van der Waals surface area contributed by atoms with Gasteiger partial charge in [-0.1, -0.05) is 31.4 Å². The molecule has 1 aromatic rings. The van der Waals surface area contributed by atoms with E-state index in [2.05, 4.69) is 5.32 Å². The number of benzene rings is 1. The molecule has 5 heteroatoms. The van der Waals surface area contributed by atoms with E-state index >= 15 is 0 Å². The van der Waals surface area contributed by atoms with Gasteiger partial charge in [0.05, 0.1) is 12.2 Å². The third-order valence-corrected chi connectivity index (χ3v) is 4.06. The molecular weight excluding hydrogens is 267 g/mol. The number of nitrogens with one attached hydrogen (secondary N) is 1. The summed E-state index contributed by atoms with van der Waals surface area (Å²) >= 11 is 0. The molecule has 0 heterocycles. The van der Waals surface area contributed by atoms with Gasteiger partial charge in [0, 0.05) is 12.1 Å². The zero-order valence-electron chi connectivity index (χ0n) is 11.3. The Morgan fingerprint density at radius 2 is 1.65 bits per heavy atom. The number of halogens is 3. The van der Waals surface area contributed by atoms with Crippen molar-refractivity contribution in [2.75, 3.05) is 6.61 Å². The molecule has 0 unspecified atom stereocenters.